The number of fused-ring (bicyclic) bond motifs is 1. The number of aliphatic carboxylic acids is 1. The number of likely N-dealkylation sites (N-methyl/N-ethyl adjacent to an activating group) is 1. The van der Waals surface area contributed by atoms with E-state index in [0.29, 0.717) is 11.1 Å². The minimum Gasteiger partial charge on any atom is -0.481 e. The SMILES string of the molecule is CC(=O)O.CN1CCN(Cc2cncc(-c3ccc4[nH]c(=O)oc4c3)c2)[C@@H](c2ccc(F)cc2)C1. The predicted octanol–water partition coefficient (Wildman–Crippen LogP) is 3.90. The highest BCUT2D eigenvalue weighted by molar-refractivity contribution is 5.79. The van der Waals surface area contributed by atoms with Gasteiger partial charge in [-0.2, -0.15) is 0 Å². The third-order valence-corrected chi connectivity index (χ3v) is 5.88. The van der Waals surface area contributed by atoms with Gasteiger partial charge in [-0.3, -0.25) is 19.7 Å². The molecule has 182 valence electrons. The molecule has 1 aliphatic rings. The van der Waals surface area contributed by atoms with E-state index in [1.54, 1.807) is 0 Å². The van der Waals surface area contributed by atoms with E-state index in [4.69, 9.17) is 14.3 Å². The number of aromatic amines is 1. The molecule has 8 nitrogen and oxygen atoms in total. The number of H-pyrrole nitrogens is 1. The van der Waals surface area contributed by atoms with Crippen LogP contribution >= 0.6 is 0 Å². The first kappa shape index (κ1) is 24.3. The number of rotatable bonds is 4. The third-order valence-electron chi connectivity index (χ3n) is 5.88. The zero-order valence-electron chi connectivity index (χ0n) is 19.6. The summed E-state index contributed by atoms with van der Waals surface area (Å²) in [6.07, 6.45) is 3.70. The number of pyridine rings is 1. The molecule has 1 atom stereocenters. The lowest BCUT2D eigenvalue weighted by molar-refractivity contribution is -0.134. The fourth-order valence-electron chi connectivity index (χ4n) is 4.24. The van der Waals surface area contributed by atoms with Gasteiger partial charge >= 0.3 is 5.76 Å². The van der Waals surface area contributed by atoms with Gasteiger partial charge in [0.05, 0.1) is 5.52 Å². The Kier molecular flexibility index (Phi) is 7.38. The summed E-state index contributed by atoms with van der Waals surface area (Å²) >= 11 is 0. The molecule has 1 aliphatic heterocycles. The van der Waals surface area contributed by atoms with Gasteiger partial charge in [0.2, 0.25) is 0 Å². The van der Waals surface area contributed by atoms with Crippen molar-refractivity contribution in [1.29, 1.82) is 0 Å². The van der Waals surface area contributed by atoms with Gasteiger partial charge in [-0.15, -0.1) is 0 Å². The number of piperazine rings is 1. The van der Waals surface area contributed by atoms with Crippen molar-refractivity contribution in [2.24, 2.45) is 0 Å². The van der Waals surface area contributed by atoms with Crippen LogP contribution in [0, 0.1) is 5.82 Å². The molecule has 2 N–H and O–H groups in total. The molecule has 9 heteroatoms. The lowest BCUT2D eigenvalue weighted by Gasteiger charge is -2.40. The number of hydrogen-bond donors (Lipinski definition) is 2. The summed E-state index contributed by atoms with van der Waals surface area (Å²) in [5.74, 6) is -1.51. The van der Waals surface area contributed by atoms with Gasteiger partial charge in [-0.1, -0.05) is 18.2 Å². The number of aromatic nitrogens is 2. The molecule has 3 heterocycles. The molecular weight excluding hydrogens is 451 g/mol. The molecule has 0 bridgehead atoms. The second kappa shape index (κ2) is 10.6. The van der Waals surface area contributed by atoms with Gasteiger partial charge in [-0.25, -0.2) is 9.18 Å². The van der Waals surface area contributed by atoms with Crippen molar-refractivity contribution < 1.29 is 18.7 Å². The first-order valence-electron chi connectivity index (χ1n) is 11.2. The van der Waals surface area contributed by atoms with Gasteiger partial charge < -0.3 is 14.4 Å². The molecule has 0 amide bonds. The molecule has 5 rings (SSSR count). The van der Waals surface area contributed by atoms with Crippen molar-refractivity contribution in [2.75, 3.05) is 26.7 Å². The smallest absolute Gasteiger partial charge is 0.417 e. The van der Waals surface area contributed by atoms with E-state index in [-0.39, 0.29) is 11.9 Å². The van der Waals surface area contributed by atoms with Crippen molar-refractivity contribution in [3.63, 3.8) is 0 Å². The molecule has 0 radical (unpaired) electrons. The Bertz CT molecular complexity index is 1360. The Labute approximate surface area is 201 Å². The van der Waals surface area contributed by atoms with Crippen molar-refractivity contribution in [3.05, 3.63) is 88.4 Å². The van der Waals surface area contributed by atoms with Crippen LogP contribution in [0.1, 0.15) is 24.1 Å². The van der Waals surface area contributed by atoms with E-state index in [2.05, 4.69) is 32.9 Å². The molecule has 35 heavy (non-hydrogen) atoms. The second-order valence-electron chi connectivity index (χ2n) is 8.63. The maximum absolute atomic E-state index is 13.4. The molecule has 2 aromatic heterocycles. The molecule has 1 saturated heterocycles. The lowest BCUT2D eigenvalue weighted by atomic mass is 10.0. The Morgan fingerprint density at radius 1 is 1.14 bits per heavy atom. The summed E-state index contributed by atoms with van der Waals surface area (Å²) < 4.78 is 18.6. The standard InChI is InChI=1S/C24H23FN4O2.C2H4O2/c1-28-8-9-29(22(15-28)17-2-5-20(25)6-3-17)14-16-10-19(13-26-12-16)18-4-7-21-23(11-18)31-24(30)27-21;1-2(3)4/h2-7,10-13,22H,8-9,14-15H2,1H3,(H,27,30);1H3,(H,3,4)/t22-;/m1./s1. The topological polar surface area (TPSA) is 103 Å². The van der Waals surface area contributed by atoms with E-state index in [1.807, 2.05) is 42.7 Å². The Morgan fingerprint density at radius 3 is 2.63 bits per heavy atom. The Hall–Kier alpha value is -3.82. The number of nitrogens with one attached hydrogen (secondary N) is 1. The fourth-order valence-corrected chi connectivity index (χ4v) is 4.24. The third kappa shape index (κ3) is 6.20. The van der Waals surface area contributed by atoms with Gasteiger partial charge in [0.15, 0.2) is 5.58 Å². The zero-order chi connectivity index (χ0) is 24.9. The quantitative estimate of drug-likeness (QED) is 0.459. The van der Waals surface area contributed by atoms with Crippen LogP contribution in [0.5, 0.6) is 0 Å². The maximum Gasteiger partial charge on any atom is 0.417 e. The fraction of sp³-hybridized carbons (Fsp3) is 0.269. The number of carbonyl (C=O) groups is 1. The summed E-state index contributed by atoms with van der Waals surface area (Å²) in [5.41, 5.74) is 5.34. The largest absolute Gasteiger partial charge is 0.481 e. The van der Waals surface area contributed by atoms with Crippen LogP contribution < -0.4 is 5.76 Å². The number of benzene rings is 2. The highest BCUT2D eigenvalue weighted by Crippen LogP contribution is 2.28. The molecule has 0 spiro atoms. The summed E-state index contributed by atoms with van der Waals surface area (Å²) in [4.78, 5) is 32.3. The van der Waals surface area contributed by atoms with Crippen molar-refractivity contribution >= 4 is 17.1 Å². The van der Waals surface area contributed by atoms with Crippen molar-refractivity contribution in [3.8, 4) is 11.1 Å². The van der Waals surface area contributed by atoms with Crippen LogP contribution in [0.3, 0.4) is 0 Å². The van der Waals surface area contributed by atoms with Gasteiger partial charge in [0.1, 0.15) is 5.82 Å². The molecule has 0 aliphatic carbocycles. The zero-order valence-corrected chi connectivity index (χ0v) is 19.6. The highest BCUT2D eigenvalue weighted by Gasteiger charge is 2.26. The van der Waals surface area contributed by atoms with E-state index < -0.39 is 11.7 Å². The summed E-state index contributed by atoms with van der Waals surface area (Å²) in [7, 11) is 2.12. The van der Waals surface area contributed by atoms with Gasteiger partial charge in [0, 0.05) is 57.1 Å². The molecule has 0 unspecified atom stereocenters. The number of carboxylic acids is 1. The van der Waals surface area contributed by atoms with E-state index in [1.165, 1.54) is 12.1 Å². The van der Waals surface area contributed by atoms with Gasteiger partial charge in [-0.05, 0) is 54.1 Å². The van der Waals surface area contributed by atoms with Crippen LogP contribution in [0.2, 0.25) is 0 Å². The average molecular weight is 479 g/mol. The highest BCUT2D eigenvalue weighted by atomic mass is 19.1. The number of hydrogen-bond acceptors (Lipinski definition) is 6. The minimum atomic E-state index is -0.833. The molecule has 1 fully saturated rings. The Balaban J connectivity index is 0.000000672. The number of nitrogens with zero attached hydrogens (tertiary/aromatic N) is 3. The Morgan fingerprint density at radius 2 is 1.89 bits per heavy atom. The molecule has 2 aromatic carbocycles. The summed E-state index contributed by atoms with van der Waals surface area (Å²) in [5, 5.41) is 7.42. The first-order valence-corrected chi connectivity index (χ1v) is 11.2. The first-order chi connectivity index (χ1) is 16.8. The van der Waals surface area contributed by atoms with E-state index >= 15 is 0 Å². The summed E-state index contributed by atoms with van der Waals surface area (Å²) in [6, 6.07) is 14.8. The second-order valence-corrected chi connectivity index (χ2v) is 8.63. The monoisotopic (exact) mass is 478 g/mol. The van der Waals surface area contributed by atoms with E-state index in [0.717, 1.165) is 55.4 Å². The number of halogens is 1. The maximum atomic E-state index is 13.4. The predicted molar refractivity (Wildman–Crippen MR) is 130 cm³/mol. The van der Waals surface area contributed by atoms with Crippen LogP contribution in [0.15, 0.2) is 70.1 Å². The summed E-state index contributed by atoms with van der Waals surface area (Å²) in [6.45, 7) is 4.62. The number of oxazole rings is 1. The van der Waals surface area contributed by atoms with Crippen molar-refractivity contribution in [2.45, 2.75) is 19.5 Å². The van der Waals surface area contributed by atoms with Crippen LogP contribution in [0.25, 0.3) is 22.2 Å². The van der Waals surface area contributed by atoms with Gasteiger partial charge in [0.25, 0.3) is 5.97 Å². The van der Waals surface area contributed by atoms with Crippen LogP contribution in [0.4, 0.5) is 4.39 Å². The molecular formula is C26H27FN4O4. The number of carboxylic acid groups (broad SMARTS) is 1. The van der Waals surface area contributed by atoms with Crippen molar-refractivity contribution in [1.82, 2.24) is 19.8 Å². The van der Waals surface area contributed by atoms with Crippen LogP contribution in [-0.4, -0.2) is 57.5 Å². The van der Waals surface area contributed by atoms with Crippen LogP contribution in [-0.2, 0) is 11.3 Å². The normalized spacial score (nSPS) is 16.6. The molecule has 4 aromatic rings. The minimum absolute atomic E-state index is 0.188. The lowest BCUT2D eigenvalue weighted by Crippen LogP contribution is -2.46. The average Bonchev–Trinajstić information content (AvgIpc) is 3.20. The van der Waals surface area contributed by atoms with E-state index in [9.17, 15) is 9.18 Å². The molecule has 0 saturated carbocycles.